The summed E-state index contributed by atoms with van der Waals surface area (Å²) in [5.41, 5.74) is 3.70. The van der Waals surface area contributed by atoms with E-state index in [1.165, 1.54) is 11.1 Å². The van der Waals surface area contributed by atoms with Crippen molar-refractivity contribution in [3.63, 3.8) is 0 Å². The van der Waals surface area contributed by atoms with E-state index in [0.717, 1.165) is 30.8 Å². The minimum atomic E-state index is -0.149. The lowest BCUT2D eigenvalue weighted by Gasteiger charge is -2.35. The molecule has 0 aliphatic carbocycles. The van der Waals surface area contributed by atoms with Crippen molar-refractivity contribution < 1.29 is 9.53 Å². The molecule has 0 saturated carbocycles. The molecule has 0 fully saturated rings. The fourth-order valence-corrected chi connectivity index (χ4v) is 4.01. The second-order valence-corrected chi connectivity index (χ2v) is 7.46. The largest absolute Gasteiger partial charge is 0.491 e. The Morgan fingerprint density at radius 2 is 1.88 bits per heavy atom. The molecule has 0 unspecified atom stereocenters. The Balaban J connectivity index is 1.49. The van der Waals surface area contributed by atoms with Gasteiger partial charge in [-0.15, -0.1) is 0 Å². The zero-order valence-electron chi connectivity index (χ0n) is 15.0. The van der Waals surface area contributed by atoms with E-state index >= 15 is 0 Å². The van der Waals surface area contributed by atoms with Gasteiger partial charge in [-0.25, -0.2) is 0 Å². The van der Waals surface area contributed by atoms with Crippen LogP contribution in [0.15, 0.2) is 42.5 Å². The number of hydrogen-bond donors (Lipinski definition) is 0. The van der Waals surface area contributed by atoms with Crippen molar-refractivity contribution in [3.8, 4) is 5.75 Å². The highest BCUT2D eigenvalue weighted by molar-refractivity contribution is 6.30. The van der Waals surface area contributed by atoms with Crippen LogP contribution in [0.25, 0.3) is 0 Å². The molecule has 0 spiro atoms. The Labute approximate surface area is 159 Å². The number of halogens is 1. The molecule has 136 valence electrons. The normalized spacial score (nSPS) is 18.3. The van der Waals surface area contributed by atoms with Gasteiger partial charge in [-0.2, -0.15) is 0 Å². The van der Waals surface area contributed by atoms with Gasteiger partial charge in [-0.05, 0) is 42.7 Å². The topological polar surface area (TPSA) is 32.8 Å². The van der Waals surface area contributed by atoms with Crippen molar-refractivity contribution in [1.29, 1.82) is 0 Å². The van der Waals surface area contributed by atoms with Crippen LogP contribution in [0.1, 0.15) is 23.6 Å². The van der Waals surface area contributed by atoms with Gasteiger partial charge in [0.15, 0.2) is 0 Å². The predicted molar refractivity (Wildman–Crippen MR) is 102 cm³/mol. The Hall–Kier alpha value is -2.04. The molecule has 0 radical (unpaired) electrons. The molecule has 0 N–H and O–H groups in total. The van der Waals surface area contributed by atoms with Crippen LogP contribution in [0.2, 0.25) is 5.02 Å². The summed E-state index contributed by atoms with van der Waals surface area (Å²) in [4.78, 5) is 17.3. The maximum absolute atomic E-state index is 13.2. The Morgan fingerprint density at radius 1 is 1.08 bits per heavy atom. The Morgan fingerprint density at radius 3 is 2.73 bits per heavy atom. The minimum absolute atomic E-state index is 0.149. The molecule has 0 aromatic heterocycles. The van der Waals surface area contributed by atoms with Crippen molar-refractivity contribution in [1.82, 2.24) is 9.80 Å². The van der Waals surface area contributed by atoms with Gasteiger partial charge in [0.25, 0.3) is 0 Å². The lowest BCUT2D eigenvalue weighted by atomic mass is 9.98. The monoisotopic (exact) mass is 370 g/mol. The van der Waals surface area contributed by atoms with Gasteiger partial charge in [-0.1, -0.05) is 35.9 Å². The maximum atomic E-state index is 13.2. The standard InChI is InChI=1S/C21H23ClN2O2/c1-15(23-9-8-16-4-2-3-5-17(16)13-23)21(25)24-10-11-26-20-7-6-19(22)12-18(20)14-24/h2-7,12,15H,8-11,13-14H2,1H3/t15-/m1/s1. The maximum Gasteiger partial charge on any atom is 0.240 e. The fraction of sp³-hybridized carbons (Fsp3) is 0.381. The number of carbonyl (C=O) groups excluding carboxylic acids is 1. The zero-order chi connectivity index (χ0) is 18.1. The molecule has 1 atom stereocenters. The quantitative estimate of drug-likeness (QED) is 0.811. The van der Waals surface area contributed by atoms with E-state index in [1.807, 2.05) is 30.0 Å². The van der Waals surface area contributed by atoms with Crippen LogP contribution in [0, 0.1) is 0 Å². The van der Waals surface area contributed by atoms with Crippen molar-refractivity contribution in [2.75, 3.05) is 19.7 Å². The first-order valence-corrected chi connectivity index (χ1v) is 9.50. The number of carbonyl (C=O) groups is 1. The van der Waals surface area contributed by atoms with Crippen molar-refractivity contribution in [3.05, 3.63) is 64.2 Å². The van der Waals surface area contributed by atoms with Gasteiger partial charge in [-0.3, -0.25) is 9.69 Å². The first kappa shape index (κ1) is 17.4. The predicted octanol–water partition coefficient (Wildman–Crippen LogP) is 3.51. The summed E-state index contributed by atoms with van der Waals surface area (Å²) < 4.78 is 5.79. The van der Waals surface area contributed by atoms with Crippen LogP contribution in [-0.2, 0) is 24.3 Å². The van der Waals surface area contributed by atoms with E-state index in [4.69, 9.17) is 16.3 Å². The molecule has 2 heterocycles. The molecule has 5 heteroatoms. The SMILES string of the molecule is C[C@H](C(=O)N1CCOc2ccc(Cl)cc2C1)N1CCc2ccccc2C1. The van der Waals surface area contributed by atoms with Crippen LogP contribution in [0.4, 0.5) is 0 Å². The molecule has 1 amide bonds. The highest BCUT2D eigenvalue weighted by Crippen LogP contribution is 2.27. The molecule has 4 nitrogen and oxygen atoms in total. The van der Waals surface area contributed by atoms with Crippen LogP contribution in [0.5, 0.6) is 5.75 Å². The molecule has 2 aliphatic heterocycles. The zero-order valence-corrected chi connectivity index (χ0v) is 15.7. The average Bonchev–Trinajstić information content (AvgIpc) is 2.88. The molecule has 4 rings (SSSR count). The molecule has 0 bridgehead atoms. The average molecular weight is 371 g/mol. The number of fused-ring (bicyclic) bond motifs is 2. The highest BCUT2D eigenvalue weighted by Gasteiger charge is 2.30. The van der Waals surface area contributed by atoms with Crippen LogP contribution in [-0.4, -0.2) is 41.4 Å². The second kappa shape index (κ2) is 7.29. The van der Waals surface area contributed by atoms with E-state index in [-0.39, 0.29) is 11.9 Å². The molecule has 2 aromatic rings. The van der Waals surface area contributed by atoms with Gasteiger partial charge >= 0.3 is 0 Å². The number of benzene rings is 2. The van der Waals surface area contributed by atoms with Crippen molar-refractivity contribution >= 4 is 17.5 Å². The second-order valence-electron chi connectivity index (χ2n) is 7.03. The summed E-state index contributed by atoms with van der Waals surface area (Å²) in [5.74, 6) is 0.977. The fourth-order valence-electron chi connectivity index (χ4n) is 3.82. The number of nitrogens with zero attached hydrogens (tertiary/aromatic N) is 2. The van der Waals surface area contributed by atoms with Gasteiger partial charge < -0.3 is 9.64 Å². The first-order valence-electron chi connectivity index (χ1n) is 9.12. The van der Waals surface area contributed by atoms with Crippen LogP contribution in [0.3, 0.4) is 0 Å². The minimum Gasteiger partial charge on any atom is -0.491 e. The van der Waals surface area contributed by atoms with Gasteiger partial charge in [0, 0.05) is 30.2 Å². The highest BCUT2D eigenvalue weighted by atomic mass is 35.5. The van der Waals surface area contributed by atoms with E-state index < -0.39 is 0 Å². The first-order chi connectivity index (χ1) is 12.6. The number of ether oxygens (including phenoxy) is 1. The Kier molecular flexibility index (Phi) is 4.88. The van der Waals surface area contributed by atoms with Gasteiger partial charge in [0.1, 0.15) is 12.4 Å². The molecular formula is C21H23ClN2O2. The Bertz CT molecular complexity index is 823. The van der Waals surface area contributed by atoms with Crippen LogP contribution >= 0.6 is 11.6 Å². The van der Waals surface area contributed by atoms with Crippen LogP contribution < -0.4 is 4.74 Å². The van der Waals surface area contributed by atoms with E-state index in [1.54, 1.807) is 0 Å². The number of hydrogen-bond acceptors (Lipinski definition) is 3. The molecule has 2 aliphatic rings. The van der Waals surface area contributed by atoms with E-state index in [9.17, 15) is 4.79 Å². The summed E-state index contributed by atoms with van der Waals surface area (Å²) in [5, 5.41) is 0.669. The number of amides is 1. The van der Waals surface area contributed by atoms with E-state index in [0.29, 0.717) is 24.7 Å². The lowest BCUT2D eigenvalue weighted by molar-refractivity contribution is -0.137. The smallest absolute Gasteiger partial charge is 0.240 e. The van der Waals surface area contributed by atoms with E-state index in [2.05, 4.69) is 29.2 Å². The summed E-state index contributed by atoms with van der Waals surface area (Å²) in [6, 6.07) is 14.0. The number of rotatable bonds is 2. The van der Waals surface area contributed by atoms with Crippen molar-refractivity contribution in [2.45, 2.75) is 32.5 Å². The van der Waals surface area contributed by atoms with Gasteiger partial charge in [0.05, 0.1) is 12.6 Å². The third kappa shape index (κ3) is 3.44. The summed E-state index contributed by atoms with van der Waals surface area (Å²) >= 11 is 6.12. The summed E-state index contributed by atoms with van der Waals surface area (Å²) in [6.07, 6.45) is 0.995. The molecule has 0 saturated heterocycles. The summed E-state index contributed by atoms with van der Waals surface area (Å²) in [7, 11) is 0. The van der Waals surface area contributed by atoms with Crippen molar-refractivity contribution in [2.24, 2.45) is 0 Å². The summed E-state index contributed by atoms with van der Waals surface area (Å²) in [6.45, 7) is 5.41. The molecule has 26 heavy (non-hydrogen) atoms. The van der Waals surface area contributed by atoms with Gasteiger partial charge in [0.2, 0.25) is 5.91 Å². The lowest BCUT2D eigenvalue weighted by Crippen LogP contribution is -2.48. The molecule has 2 aromatic carbocycles. The third-order valence-electron chi connectivity index (χ3n) is 5.38. The third-order valence-corrected chi connectivity index (χ3v) is 5.61. The molecular weight excluding hydrogens is 348 g/mol.